The fourth-order valence-corrected chi connectivity index (χ4v) is 3.16. The molecule has 27 heavy (non-hydrogen) atoms. The number of aromatic nitrogens is 3. The van der Waals surface area contributed by atoms with Gasteiger partial charge in [0.1, 0.15) is 0 Å². The fourth-order valence-electron chi connectivity index (χ4n) is 3.16. The molecule has 1 aliphatic rings. The molecule has 1 saturated heterocycles. The monoisotopic (exact) mass is 359 g/mol. The number of carbonyl (C=O) groups is 1. The van der Waals surface area contributed by atoms with E-state index in [1.807, 2.05) is 42.5 Å². The Kier molecular flexibility index (Phi) is 5.05. The zero-order valence-corrected chi connectivity index (χ0v) is 15.0. The first kappa shape index (κ1) is 17.1. The number of benzene rings is 1. The minimum absolute atomic E-state index is 0.0983. The van der Waals surface area contributed by atoms with Crippen LogP contribution in [0.2, 0.25) is 0 Å². The Morgan fingerprint density at radius 2 is 1.70 bits per heavy atom. The molecular weight excluding hydrogens is 338 g/mol. The smallest absolute Gasteiger partial charge is 0.251 e. The van der Waals surface area contributed by atoms with Crippen molar-refractivity contribution < 1.29 is 4.79 Å². The second-order valence-corrected chi connectivity index (χ2v) is 6.55. The van der Waals surface area contributed by atoms with Gasteiger partial charge < -0.3 is 10.2 Å². The van der Waals surface area contributed by atoms with Crippen LogP contribution in [0.4, 0.5) is 5.95 Å². The molecule has 1 aromatic carbocycles. The molecule has 0 aliphatic carbocycles. The van der Waals surface area contributed by atoms with Crippen LogP contribution in [0.15, 0.2) is 61.1 Å². The summed E-state index contributed by atoms with van der Waals surface area (Å²) in [5.74, 6) is 0.683. The number of hydrogen-bond acceptors (Lipinski definition) is 5. The highest BCUT2D eigenvalue weighted by Crippen LogP contribution is 2.21. The molecule has 136 valence electrons. The van der Waals surface area contributed by atoms with Crippen LogP contribution in [0.1, 0.15) is 28.8 Å². The maximum absolute atomic E-state index is 12.3. The summed E-state index contributed by atoms with van der Waals surface area (Å²) in [6, 6.07) is 13.2. The van der Waals surface area contributed by atoms with E-state index in [0.29, 0.717) is 12.1 Å². The van der Waals surface area contributed by atoms with Gasteiger partial charge in [-0.1, -0.05) is 12.1 Å². The number of rotatable bonds is 5. The minimum Gasteiger partial charge on any atom is -0.348 e. The molecule has 3 aromatic rings. The molecule has 0 unspecified atom stereocenters. The Hall–Kier alpha value is -3.28. The highest BCUT2D eigenvalue weighted by molar-refractivity contribution is 5.94. The zero-order valence-electron chi connectivity index (χ0n) is 15.0. The summed E-state index contributed by atoms with van der Waals surface area (Å²) in [5.41, 5.74) is 3.49. The van der Waals surface area contributed by atoms with Crippen LogP contribution in [0.25, 0.3) is 11.3 Å². The van der Waals surface area contributed by atoms with Gasteiger partial charge in [-0.05, 0) is 48.7 Å². The van der Waals surface area contributed by atoms with Crippen molar-refractivity contribution in [3.05, 3.63) is 72.2 Å². The predicted molar refractivity (Wildman–Crippen MR) is 104 cm³/mol. The Morgan fingerprint density at radius 3 is 2.44 bits per heavy atom. The number of carbonyl (C=O) groups excluding carboxylic acids is 1. The van der Waals surface area contributed by atoms with E-state index in [0.717, 1.165) is 35.9 Å². The summed E-state index contributed by atoms with van der Waals surface area (Å²) < 4.78 is 0. The lowest BCUT2D eigenvalue weighted by atomic mass is 10.1. The number of pyridine rings is 1. The highest BCUT2D eigenvalue weighted by atomic mass is 16.1. The SMILES string of the molecule is O=C(NCc1ccncc1)c1ccc(-c2ccnc(N3CCCC3)n2)cc1. The molecule has 1 amide bonds. The van der Waals surface area contributed by atoms with Crippen LogP contribution in [-0.4, -0.2) is 33.9 Å². The summed E-state index contributed by atoms with van der Waals surface area (Å²) in [4.78, 5) is 27.6. The third kappa shape index (κ3) is 4.11. The van der Waals surface area contributed by atoms with Crippen LogP contribution in [0, 0.1) is 0 Å². The third-order valence-corrected chi connectivity index (χ3v) is 4.68. The molecule has 1 N–H and O–H groups in total. The predicted octanol–water partition coefficient (Wildman–Crippen LogP) is 3.07. The summed E-state index contributed by atoms with van der Waals surface area (Å²) in [5, 5.41) is 2.92. The van der Waals surface area contributed by atoms with E-state index < -0.39 is 0 Å². The van der Waals surface area contributed by atoms with Gasteiger partial charge in [-0.2, -0.15) is 0 Å². The lowest BCUT2D eigenvalue weighted by molar-refractivity contribution is 0.0951. The first-order chi connectivity index (χ1) is 13.3. The van der Waals surface area contributed by atoms with Gasteiger partial charge in [0, 0.05) is 49.4 Å². The van der Waals surface area contributed by atoms with Gasteiger partial charge in [0.2, 0.25) is 5.95 Å². The molecular formula is C21H21N5O. The summed E-state index contributed by atoms with van der Waals surface area (Å²) in [7, 11) is 0. The highest BCUT2D eigenvalue weighted by Gasteiger charge is 2.15. The molecule has 4 rings (SSSR count). The van der Waals surface area contributed by atoms with E-state index in [-0.39, 0.29) is 5.91 Å². The first-order valence-electron chi connectivity index (χ1n) is 9.15. The lowest BCUT2D eigenvalue weighted by Crippen LogP contribution is -2.22. The van der Waals surface area contributed by atoms with Crippen molar-refractivity contribution in [3.63, 3.8) is 0 Å². The first-order valence-corrected chi connectivity index (χ1v) is 9.15. The maximum atomic E-state index is 12.3. The fraction of sp³-hybridized carbons (Fsp3) is 0.238. The van der Waals surface area contributed by atoms with Crippen molar-refractivity contribution in [2.24, 2.45) is 0 Å². The second-order valence-electron chi connectivity index (χ2n) is 6.55. The van der Waals surface area contributed by atoms with E-state index >= 15 is 0 Å². The molecule has 0 radical (unpaired) electrons. The van der Waals surface area contributed by atoms with Gasteiger partial charge in [-0.3, -0.25) is 9.78 Å². The number of nitrogens with zero attached hydrogens (tertiary/aromatic N) is 4. The average molecular weight is 359 g/mol. The molecule has 0 bridgehead atoms. The Balaban J connectivity index is 1.44. The summed E-state index contributed by atoms with van der Waals surface area (Å²) >= 11 is 0. The minimum atomic E-state index is -0.0983. The van der Waals surface area contributed by atoms with Gasteiger partial charge in [-0.25, -0.2) is 9.97 Å². The molecule has 1 aliphatic heterocycles. The van der Waals surface area contributed by atoms with Gasteiger partial charge >= 0.3 is 0 Å². The molecule has 3 heterocycles. The second kappa shape index (κ2) is 7.95. The van der Waals surface area contributed by atoms with Crippen LogP contribution in [0.3, 0.4) is 0 Å². The zero-order chi connectivity index (χ0) is 18.5. The quantitative estimate of drug-likeness (QED) is 0.758. The van der Waals surface area contributed by atoms with E-state index in [1.165, 1.54) is 12.8 Å². The van der Waals surface area contributed by atoms with E-state index in [4.69, 9.17) is 0 Å². The molecule has 0 saturated carbocycles. The molecule has 6 heteroatoms. The van der Waals surface area contributed by atoms with Crippen molar-refractivity contribution in [2.75, 3.05) is 18.0 Å². The van der Waals surface area contributed by atoms with Gasteiger partial charge in [0.15, 0.2) is 0 Å². The van der Waals surface area contributed by atoms with Crippen molar-refractivity contribution >= 4 is 11.9 Å². The number of nitrogens with one attached hydrogen (secondary N) is 1. The lowest BCUT2D eigenvalue weighted by Gasteiger charge is -2.15. The maximum Gasteiger partial charge on any atom is 0.251 e. The Bertz CT molecular complexity index is 905. The molecule has 1 fully saturated rings. The molecule has 0 spiro atoms. The van der Waals surface area contributed by atoms with Crippen molar-refractivity contribution in [3.8, 4) is 11.3 Å². The van der Waals surface area contributed by atoms with Gasteiger partial charge in [-0.15, -0.1) is 0 Å². The molecule has 6 nitrogen and oxygen atoms in total. The number of anilines is 1. The number of amides is 1. The van der Waals surface area contributed by atoms with E-state index in [2.05, 4.69) is 25.2 Å². The third-order valence-electron chi connectivity index (χ3n) is 4.68. The van der Waals surface area contributed by atoms with E-state index in [1.54, 1.807) is 18.6 Å². The largest absolute Gasteiger partial charge is 0.348 e. The average Bonchev–Trinajstić information content (AvgIpc) is 3.28. The Morgan fingerprint density at radius 1 is 0.963 bits per heavy atom. The normalized spacial score (nSPS) is 13.6. The van der Waals surface area contributed by atoms with Gasteiger partial charge in [0.05, 0.1) is 5.69 Å². The summed E-state index contributed by atoms with van der Waals surface area (Å²) in [6.07, 6.45) is 7.61. The van der Waals surface area contributed by atoms with Crippen LogP contribution in [0.5, 0.6) is 0 Å². The topological polar surface area (TPSA) is 71.0 Å². The van der Waals surface area contributed by atoms with Crippen LogP contribution >= 0.6 is 0 Å². The summed E-state index contributed by atoms with van der Waals surface area (Å²) in [6.45, 7) is 2.51. The van der Waals surface area contributed by atoms with Crippen molar-refractivity contribution in [1.82, 2.24) is 20.3 Å². The van der Waals surface area contributed by atoms with Crippen LogP contribution in [-0.2, 0) is 6.54 Å². The molecule has 2 aromatic heterocycles. The molecule has 0 atom stereocenters. The van der Waals surface area contributed by atoms with Gasteiger partial charge in [0.25, 0.3) is 5.91 Å². The van der Waals surface area contributed by atoms with Crippen molar-refractivity contribution in [2.45, 2.75) is 19.4 Å². The number of hydrogen-bond donors (Lipinski definition) is 1. The van der Waals surface area contributed by atoms with Crippen molar-refractivity contribution in [1.29, 1.82) is 0 Å². The van der Waals surface area contributed by atoms with Crippen LogP contribution < -0.4 is 10.2 Å². The van der Waals surface area contributed by atoms with E-state index in [9.17, 15) is 4.79 Å². The Labute approximate surface area is 158 Å². The standard InChI is InChI=1S/C21H21N5O/c27-20(24-15-16-7-10-22-11-8-16)18-5-3-17(4-6-18)19-9-12-23-21(25-19)26-13-1-2-14-26/h3-12H,1-2,13-15H2,(H,24,27).